The number of hydrogen-bond acceptors (Lipinski definition) is 4. The second kappa shape index (κ2) is 12.1. The van der Waals surface area contributed by atoms with Crippen LogP contribution in [0.25, 0.3) is 0 Å². The number of halogens is 1. The van der Waals surface area contributed by atoms with Gasteiger partial charge in [0.1, 0.15) is 18.4 Å². The van der Waals surface area contributed by atoms with E-state index in [0.29, 0.717) is 6.42 Å². The number of nitrogens with one attached hydrogen (secondary N) is 1. The summed E-state index contributed by atoms with van der Waals surface area (Å²) in [6.07, 6.45) is 0.316. The van der Waals surface area contributed by atoms with Gasteiger partial charge in [-0.25, -0.2) is 8.70 Å². The highest BCUT2D eigenvalue weighted by Crippen LogP contribution is 2.24. The van der Waals surface area contributed by atoms with E-state index in [0.717, 1.165) is 25.8 Å². The van der Waals surface area contributed by atoms with Crippen molar-refractivity contribution in [1.82, 2.24) is 14.5 Å². The van der Waals surface area contributed by atoms with Gasteiger partial charge in [-0.1, -0.05) is 43.3 Å². The van der Waals surface area contributed by atoms with Gasteiger partial charge in [0, 0.05) is 26.7 Å². The fraction of sp³-hybridized carbons (Fsp3) is 0.440. The number of benzene rings is 2. The Labute approximate surface area is 207 Å². The summed E-state index contributed by atoms with van der Waals surface area (Å²) in [6.45, 7) is 6.76. The standard InChI is InChI=1S/C25H35FN4O4S/c1-7-22(25(32)27-18(2)3)29(16-20-13-9-8-12-19(20)4)24(31)17-30(35(33,34)28(5)6)23-15-11-10-14-21(23)26/h8-15,18,22H,7,16-17H2,1-6H3,(H,27,32)/t22-/m1/s1. The van der Waals surface area contributed by atoms with Crippen LogP contribution in [-0.4, -0.2) is 62.2 Å². The number of para-hydroxylation sites is 1. The summed E-state index contributed by atoms with van der Waals surface area (Å²) in [5.74, 6) is -1.73. The van der Waals surface area contributed by atoms with Crippen molar-refractivity contribution in [1.29, 1.82) is 0 Å². The minimum Gasteiger partial charge on any atom is -0.352 e. The van der Waals surface area contributed by atoms with Gasteiger partial charge < -0.3 is 10.2 Å². The molecule has 2 rings (SSSR count). The van der Waals surface area contributed by atoms with Gasteiger partial charge in [0.15, 0.2) is 0 Å². The van der Waals surface area contributed by atoms with Crippen molar-refractivity contribution < 1.29 is 22.4 Å². The lowest BCUT2D eigenvalue weighted by atomic mass is 10.1. The average Bonchev–Trinajstić information content (AvgIpc) is 2.78. The smallest absolute Gasteiger partial charge is 0.304 e. The van der Waals surface area contributed by atoms with Crippen molar-refractivity contribution in [3.63, 3.8) is 0 Å². The normalized spacial score (nSPS) is 12.5. The topological polar surface area (TPSA) is 90.0 Å². The second-order valence-corrected chi connectivity index (χ2v) is 10.9. The molecule has 0 aliphatic carbocycles. The van der Waals surface area contributed by atoms with Crippen LogP contribution in [0.5, 0.6) is 0 Å². The molecule has 2 aromatic carbocycles. The van der Waals surface area contributed by atoms with Crippen LogP contribution in [0.3, 0.4) is 0 Å². The molecule has 0 saturated heterocycles. The van der Waals surface area contributed by atoms with Crippen LogP contribution in [-0.2, 0) is 26.3 Å². The van der Waals surface area contributed by atoms with E-state index in [1.807, 2.05) is 45.0 Å². The first kappa shape index (κ1) is 28.3. The maximum absolute atomic E-state index is 14.7. The molecule has 1 N–H and O–H groups in total. The largest absolute Gasteiger partial charge is 0.352 e. The van der Waals surface area contributed by atoms with E-state index >= 15 is 0 Å². The number of hydrogen-bond donors (Lipinski definition) is 1. The third-order valence-electron chi connectivity index (χ3n) is 5.56. The Morgan fingerprint density at radius 1 is 1.03 bits per heavy atom. The van der Waals surface area contributed by atoms with Crippen molar-refractivity contribution in [2.75, 3.05) is 24.9 Å². The minimum absolute atomic E-state index is 0.0999. The molecule has 0 aliphatic heterocycles. The molecule has 2 amide bonds. The maximum Gasteiger partial charge on any atom is 0.304 e. The van der Waals surface area contributed by atoms with Crippen molar-refractivity contribution in [2.24, 2.45) is 0 Å². The molecule has 10 heteroatoms. The van der Waals surface area contributed by atoms with E-state index in [4.69, 9.17) is 0 Å². The second-order valence-electron chi connectivity index (χ2n) is 8.78. The highest BCUT2D eigenvalue weighted by Gasteiger charge is 2.34. The Balaban J connectivity index is 2.54. The van der Waals surface area contributed by atoms with Gasteiger partial charge in [0.05, 0.1) is 5.69 Å². The van der Waals surface area contributed by atoms with Crippen molar-refractivity contribution >= 4 is 27.7 Å². The van der Waals surface area contributed by atoms with E-state index in [-0.39, 0.29) is 24.2 Å². The lowest BCUT2D eigenvalue weighted by molar-refractivity contribution is -0.140. The van der Waals surface area contributed by atoms with E-state index in [9.17, 15) is 22.4 Å². The summed E-state index contributed by atoms with van der Waals surface area (Å²) in [4.78, 5) is 28.1. The molecule has 8 nitrogen and oxygen atoms in total. The zero-order valence-electron chi connectivity index (χ0n) is 21.2. The molecule has 0 bridgehead atoms. The first-order valence-corrected chi connectivity index (χ1v) is 12.9. The predicted octanol–water partition coefficient (Wildman–Crippen LogP) is 3.08. The zero-order valence-corrected chi connectivity index (χ0v) is 22.0. The Kier molecular flexibility index (Phi) is 9.79. The van der Waals surface area contributed by atoms with Crippen molar-refractivity contribution in [3.8, 4) is 0 Å². The van der Waals surface area contributed by atoms with E-state index in [1.165, 1.54) is 37.2 Å². The lowest BCUT2D eigenvalue weighted by Crippen LogP contribution is -2.54. The van der Waals surface area contributed by atoms with Gasteiger partial charge in [0.25, 0.3) is 0 Å². The Morgan fingerprint density at radius 2 is 1.63 bits per heavy atom. The Morgan fingerprint density at radius 3 is 2.17 bits per heavy atom. The zero-order chi connectivity index (χ0) is 26.3. The SMILES string of the molecule is CC[C@H](C(=O)NC(C)C)N(Cc1ccccc1C)C(=O)CN(c1ccccc1F)S(=O)(=O)N(C)C. The number of aryl methyl sites for hydroxylation is 1. The van der Waals surface area contributed by atoms with Gasteiger partial charge in [-0.05, 0) is 50.5 Å². The molecule has 192 valence electrons. The average molecular weight is 507 g/mol. The number of carbonyl (C=O) groups is 2. The van der Waals surface area contributed by atoms with Crippen LogP contribution in [0.4, 0.5) is 10.1 Å². The van der Waals surface area contributed by atoms with Crippen LogP contribution < -0.4 is 9.62 Å². The van der Waals surface area contributed by atoms with Crippen LogP contribution >= 0.6 is 0 Å². The van der Waals surface area contributed by atoms with Crippen molar-refractivity contribution in [3.05, 3.63) is 65.5 Å². The molecule has 0 radical (unpaired) electrons. The minimum atomic E-state index is -4.22. The summed E-state index contributed by atoms with van der Waals surface area (Å²) < 4.78 is 42.5. The monoisotopic (exact) mass is 506 g/mol. The number of rotatable bonds is 11. The number of anilines is 1. The first-order chi connectivity index (χ1) is 16.4. The van der Waals surface area contributed by atoms with Crippen LogP contribution in [0, 0.1) is 12.7 Å². The summed E-state index contributed by atoms with van der Waals surface area (Å²) in [6, 6.07) is 11.9. The molecule has 0 aromatic heterocycles. The summed E-state index contributed by atoms with van der Waals surface area (Å²) in [5, 5.41) is 2.84. The van der Waals surface area contributed by atoms with Crippen LogP contribution in [0.15, 0.2) is 48.5 Å². The summed E-state index contributed by atoms with van der Waals surface area (Å²) in [5.41, 5.74) is 1.51. The van der Waals surface area contributed by atoms with Crippen molar-refractivity contribution in [2.45, 2.75) is 52.7 Å². The van der Waals surface area contributed by atoms with Crippen LogP contribution in [0.2, 0.25) is 0 Å². The molecule has 0 unspecified atom stereocenters. The van der Waals surface area contributed by atoms with Gasteiger partial charge >= 0.3 is 10.2 Å². The fourth-order valence-corrected chi connectivity index (χ4v) is 4.69. The highest BCUT2D eigenvalue weighted by atomic mass is 32.2. The van der Waals surface area contributed by atoms with Gasteiger partial charge in [-0.2, -0.15) is 12.7 Å². The molecule has 1 atom stereocenters. The van der Waals surface area contributed by atoms with E-state index in [2.05, 4.69) is 5.32 Å². The fourth-order valence-electron chi connectivity index (χ4n) is 3.63. The summed E-state index contributed by atoms with van der Waals surface area (Å²) in [7, 11) is -1.60. The first-order valence-electron chi connectivity index (χ1n) is 11.5. The van der Waals surface area contributed by atoms with Gasteiger partial charge in [0.2, 0.25) is 11.8 Å². The highest BCUT2D eigenvalue weighted by molar-refractivity contribution is 7.90. The predicted molar refractivity (Wildman–Crippen MR) is 135 cm³/mol. The number of nitrogens with zero attached hydrogens (tertiary/aromatic N) is 3. The van der Waals surface area contributed by atoms with E-state index in [1.54, 1.807) is 6.92 Å². The third-order valence-corrected chi connectivity index (χ3v) is 7.36. The molecule has 0 spiro atoms. The molecule has 2 aromatic rings. The molecule has 35 heavy (non-hydrogen) atoms. The van der Waals surface area contributed by atoms with Gasteiger partial charge in [-0.3, -0.25) is 9.59 Å². The molecule has 0 heterocycles. The van der Waals surface area contributed by atoms with Crippen LogP contribution in [0.1, 0.15) is 38.3 Å². The molecule has 0 fully saturated rings. The Bertz CT molecular complexity index is 1140. The van der Waals surface area contributed by atoms with E-state index < -0.39 is 34.5 Å². The maximum atomic E-state index is 14.7. The molecular formula is C25H35FN4O4S. The third kappa shape index (κ3) is 7.02. The molecule has 0 aliphatic rings. The number of amides is 2. The summed E-state index contributed by atoms with van der Waals surface area (Å²) >= 11 is 0. The lowest BCUT2D eigenvalue weighted by Gasteiger charge is -2.34. The quantitative estimate of drug-likeness (QED) is 0.507. The molecular weight excluding hydrogens is 471 g/mol. The molecule has 0 saturated carbocycles. The Hall–Kier alpha value is -2.98. The van der Waals surface area contributed by atoms with Gasteiger partial charge in [-0.15, -0.1) is 0 Å². The number of carbonyl (C=O) groups excluding carboxylic acids is 2.